The van der Waals surface area contributed by atoms with Crippen LogP contribution in [0.5, 0.6) is 0 Å². The summed E-state index contributed by atoms with van der Waals surface area (Å²) < 4.78 is 0. The molecule has 0 amide bonds. The van der Waals surface area contributed by atoms with E-state index in [0.717, 1.165) is 5.69 Å². The Morgan fingerprint density at radius 3 is 2.00 bits per heavy atom. The Balaban J connectivity index is 1.82. The highest BCUT2D eigenvalue weighted by Gasteiger charge is 2.02. The van der Waals surface area contributed by atoms with E-state index in [1.54, 1.807) is 0 Å². The summed E-state index contributed by atoms with van der Waals surface area (Å²) in [5, 5.41) is 3.55. The molecule has 114 valence electrons. The van der Waals surface area contributed by atoms with Crippen LogP contribution in [0.25, 0.3) is 12.2 Å². The van der Waals surface area contributed by atoms with Crippen LogP contribution in [-0.2, 0) is 0 Å². The van der Waals surface area contributed by atoms with Crippen molar-refractivity contribution in [3.8, 4) is 0 Å². The number of rotatable bonds is 4. The van der Waals surface area contributed by atoms with E-state index in [2.05, 4.69) is 98.0 Å². The van der Waals surface area contributed by atoms with Gasteiger partial charge in [-0.1, -0.05) is 72.8 Å². The molecule has 0 spiro atoms. The predicted molar refractivity (Wildman–Crippen MR) is 101 cm³/mol. The monoisotopic (exact) mass is 299 g/mol. The summed E-state index contributed by atoms with van der Waals surface area (Å²) in [6, 6.07) is 25.2. The Morgan fingerprint density at radius 1 is 0.652 bits per heavy atom. The second-order valence-corrected chi connectivity index (χ2v) is 5.76. The van der Waals surface area contributed by atoms with Gasteiger partial charge in [0, 0.05) is 11.4 Å². The van der Waals surface area contributed by atoms with E-state index in [-0.39, 0.29) is 0 Å². The number of nitrogens with one attached hydrogen (secondary N) is 1. The van der Waals surface area contributed by atoms with Crippen molar-refractivity contribution in [3.05, 3.63) is 95.1 Å². The van der Waals surface area contributed by atoms with E-state index in [1.165, 1.54) is 27.9 Å². The van der Waals surface area contributed by atoms with Gasteiger partial charge < -0.3 is 5.32 Å². The summed E-state index contributed by atoms with van der Waals surface area (Å²) in [6.45, 7) is 4.27. The van der Waals surface area contributed by atoms with E-state index in [0.29, 0.717) is 0 Å². The third kappa shape index (κ3) is 3.89. The standard InChI is InChI=1S/C22H21N/c1-17-8-6-9-18(2)22(17)23-21-13-7-12-20(16-21)15-14-19-10-4-3-5-11-19/h3-16,23H,1-2H3/b15-14+. The second-order valence-electron chi connectivity index (χ2n) is 5.76. The molecule has 23 heavy (non-hydrogen) atoms. The van der Waals surface area contributed by atoms with Crippen molar-refractivity contribution in [2.24, 2.45) is 0 Å². The first-order valence-corrected chi connectivity index (χ1v) is 7.89. The Morgan fingerprint density at radius 2 is 1.26 bits per heavy atom. The van der Waals surface area contributed by atoms with Crippen molar-refractivity contribution in [1.29, 1.82) is 0 Å². The van der Waals surface area contributed by atoms with Gasteiger partial charge in [0.25, 0.3) is 0 Å². The summed E-state index contributed by atoms with van der Waals surface area (Å²) in [7, 11) is 0. The van der Waals surface area contributed by atoms with Gasteiger partial charge in [-0.15, -0.1) is 0 Å². The second kappa shape index (κ2) is 6.97. The zero-order valence-electron chi connectivity index (χ0n) is 13.6. The zero-order chi connectivity index (χ0) is 16.1. The molecule has 0 bridgehead atoms. The van der Waals surface area contributed by atoms with Crippen LogP contribution in [-0.4, -0.2) is 0 Å². The summed E-state index contributed by atoms with van der Waals surface area (Å²) in [6.07, 6.45) is 4.28. The van der Waals surface area contributed by atoms with Crippen molar-refractivity contribution in [2.45, 2.75) is 13.8 Å². The van der Waals surface area contributed by atoms with Crippen molar-refractivity contribution < 1.29 is 0 Å². The summed E-state index contributed by atoms with van der Waals surface area (Å²) in [5.41, 5.74) is 7.21. The molecule has 3 rings (SSSR count). The molecule has 0 saturated carbocycles. The van der Waals surface area contributed by atoms with Crippen molar-refractivity contribution in [2.75, 3.05) is 5.32 Å². The molecule has 1 heteroatoms. The van der Waals surface area contributed by atoms with E-state index >= 15 is 0 Å². The SMILES string of the molecule is Cc1cccc(C)c1Nc1cccc(/C=C/c2ccccc2)c1. The fourth-order valence-corrected chi connectivity index (χ4v) is 2.63. The van der Waals surface area contributed by atoms with Crippen LogP contribution in [0.2, 0.25) is 0 Å². The Labute approximate surface area is 138 Å². The van der Waals surface area contributed by atoms with Crippen molar-refractivity contribution >= 4 is 23.5 Å². The molecule has 1 nitrogen and oxygen atoms in total. The lowest BCUT2D eigenvalue weighted by Crippen LogP contribution is -1.96. The summed E-state index contributed by atoms with van der Waals surface area (Å²) in [4.78, 5) is 0. The molecule has 0 radical (unpaired) electrons. The van der Waals surface area contributed by atoms with E-state index in [4.69, 9.17) is 0 Å². The van der Waals surface area contributed by atoms with Crippen LogP contribution in [0.1, 0.15) is 22.3 Å². The maximum Gasteiger partial charge on any atom is 0.0443 e. The number of hydrogen-bond donors (Lipinski definition) is 1. The minimum atomic E-state index is 1.11. The molecular formula is C22H21N. The quantitative estimate of drug-likeness (QED) is 0.564. The lowest BCUT2D eigenvalue weighted by atomic mass is 10.1. The zero-order valence-corrected chi connectivity index (χ0v) is 13.6. The number of aryl methyl sites for hydroxylation is 2. The molecule has 1 N–H and O–H groups in total. The molecule has 0 fully saturated rings. The average Bonchev–Trinajstić information content (AvgIpc) is 2.58. The Bertz CT molecular complexity index is 796. The average molecular weight is 299 g/mol. The van der Waals surface area contributed by atoms with Gasteiger partial charge in [0.15, 0.2) is 0 Å². The van der Waals surface area contributed by atoms with Crippen LogP contribution in [0.3, 0.4) is 0 Å². The van der Waals surface area contributed by atoms with Gasteiger partial charge in [-0.2, -0.15) is 0 Å². The molecular weight excluding hydrogens is 278 g/mol. The van der Waals surface area contributed by atoms with Gasteiger partial charge >= 0.3 is 0 Å². The Kier molecular flexibility index (Phi) is 4.58. The maximum absolute atomic E-state index is 3.55. The van der Waals surface area contributed by atoms with Gasteiger partial charge in [0.05, 0.1) is 0 Å². The number of para-hydroxylation sites is 1. The van der Waals surface area contributed by atoms with Gasteiger partial charge in [0.1, 0.15) is 0 Å². The van der Waals surface area contributed by atoms with Gasteiger partial charge in [-0.25, -0.2) is 0 Å². The molecule has 0 aliphatic rings. The first-order valence-electron chi connectivity index (χ1n) is 7.89. The minimum Gasteiger partial charge on any atom is -0.355 e. The summed E-state index contributed by atoms with van der Waals surface area (Å²) in [5.74, 6) is 0. The molecule has 0 aliphatic heterocycles. The van der Waals surface area contributed by atoms with Crippen LogP contribution in [0, 0.1) is 13.8 Å². The largest absolute Gasteiger partial charge is 0.355 e. The van der Waals surface area contributed by atoms with Gasteiger partial charge in [0.2, 0.25) is 0 Å². The van der Waals surface area contributed by atoms with E-state index in [1.807, 2.05) is 6.07 Å². The first kappa shape index (κ1) is 15.1. The lowest BCUT2D eigenvalue weighted by molar-refractivity contribution is 1.36. The normalized spacial score (nSPS) is 10.9. The van der Waals surface area contributed by atoms with Crippen LogP contribution in [0.15, 0.2) is 72.8 Å². The van der Waals surface area contributed by atoms with E-state index in [9.17, 15) is 0 Å². The van der Waals surface area contributed by atoms with Crippen molar-refractivity contribution in [1.82, 2.24) is 0 Å². The number of anilines is 2. The van der Waals surface area contributed by atoms with Crippen molar-refractivity contribution in [3.63, 3.8) is 0 Å². The van der Waals surface area contributed by atoms with Crippen LogP contribution >= 0.6 is 0 Å². The summed E-state index contributed by atoms with van der Waals surface area (Å²) >= 11 is 0. The molecule has 0 unspecified atom stereocenters. The fourth-order valence-electron chi connectivity index (χ4n) is 2.63. The lowest BCUT2D eigenvalue weighted by Gasteiger charge is -2.13. The third-order valence-electron chi connectivity index (χ3n) is 3.90. The highest BCUT2D eigenvalue weighted by Crippen LogP contribution is 2.25. The van der Waals surface area contributed by atoms with Crippen LogP contribution in [0.4, 0.5) is 11.4 Å². The fraction of sp³-hybridized carbons (Fsp3) is 0.0909. The smallest absolute Gasteiger partial charge is 0.0443 e. The topological polar surface area (TPSA) is 12.0 Å². The molecule has 0 aliphatic carbocycles. The third-order valence-corrected chi connectivity index (χ3v) is 3.90. The molecule has 0 saturated heterocycles. The predicted octanol–water partition coefficient (Wildman–Crippen LogP) is 6.22. The minimum absolute atomic E-state index is 1.11. The van der Waals surface area contributed by atoms with Gasteiger partial charge in [-0.05, 0) is 48.2 Å². The molecule has 0 heterocycles. The molecule has 3 aromatic carbocycles. The first-order chi connectivity index (χ1) is 11.2. The van der Waals surface area contributed by atoms with Crippen LogP contribution < -0.4 is 5.32 Å². The highest BCUT2D eigenvalue weighted by molar-refractivity contribution is 5.73. The number of benzene rings is 3. The maximum atomic E-state index is 3.55. The molecule has 0 atom stereocenters. The molecule has 0 aromatic heterocycles. The van der Waals surface area contributed by atoms with E-state index < -0.39 is 0 Å². The molecule has 3 aromatic rings. The van der Waals surface area contributed by atoms with Gasteiger partial charge in [-0.3, -0.25) is 0 Å². The Hall–Kier alpha value is -2.80. The highest BCUT2D eigenvalue weighted by atomic mass is 14.9. The number of hydrogen-bond acceptors (Lipinski definition) is 1.